The molecule has 1 heterocycles. The first-order valence-corrected chi connectivity index (χ1v) is 12.3. The molecule has 0 radical (unpaired) electrons. The first kappa shape index (κ1) is 23.8. The van der Waals surface area contributed by atoms with E-state index < -0.39 is 30.3 Å². The Kier molecular flexibility index (Phi) is 6.09. The number of imide groups is 1. The maximum Gasteiger partial charge on any atom is 0.338 e. The highest BCUT2D eigenvalue weighted by molar-refractivity contribution is 6.32. The lowest BCUT2D eigenvalue weighted by Gasteiger charge is -2.28. The largest absolute Gasteiger partial charge is 0.452 e. The van der Waals surface area contributed by atoms with Crippen molar-refractivity contribution in [1.29, 1.82) is 0 Å². The third-order valence-corrected chi connectivity index (χ3v) is 8.77. The molecule has 3 fully saturated rings. The number of halogens is 2. The zero-order valence-corrected chi connectivity index (χ0v) is 20.7. The number of hydrogen-bond donors (Lipinski definition) is 1. The summed E-state index contributed by atoms with van der Waals surface area (Å²) >= 11 is 12.8. The molecule has 9 heteroatoms. The average Bonchev–Trinajstić information content (AvgIpc) is 3.44. The van der Waals surface area contributed by atoms with Gasteiger partial charge >= 0.3 is 5.97 Å². The van der Waals surface area contributed by atoms with Crippen LogP contribution in [0.25, 0.3) is 0 Å². The van der Waals surface area contributed by atoms with E-state index in [-0.39, 0.29) is 40.0 Å². The standard InChI is InChI=1S/C26H24Cl2N2O5/c1-12-6-7-15(8-13(12)2)29-19(31)11-35-26(34)14-4-3-5-16(9-14)30-24(32)20-17-10-18(21(20)25(30)33)23(28)22(17)27/h3-9,17-18,20-23H,10-11H2,1-2H3,(H,29,31)/t17-,18-,20-,21+,22-,23+/m1/s1. The van der Waals surface area contributed by atoms with E-state index in [0.717, 1.165) is 16.0 Å². The third-order valence-electron chi connectivity index (χ3n) is 7.45. The van der Waals surface area contributed by atoms with E-state index in [1.54, 1.807) is 18.2 Å². The summed E-state index contributed by atoms with van der Waals surface area (Å²) in [6.45, 7) is 3.44. The number of fused-ring (bicyclic) bond motifs is 5. The fourth-order valence-electron chi connectivity index (χ4n) is 5.61. The number of hydrogen-bond acceptors (Lipinski definition) is 5. The SMILES string of the molecule is Cc1ccc(NC(=O)COC(=O)c2cccc(N3C(=O)[C@@H]4[C@H]5C[C@@H]([C@H](Cl)[C@@H]5Cl)[C@@H]4C3=O)c2)cc1C. The summed E-state index contributed by atoms with van der Waals surface area (Å²) in [4.78, 5) is 52.3. The highest BCUT2D eigenvalue weighted by Crippen LogP contribution is 2.59. The molecule has 0 spiro atoms. The van der Waals surface area contributed by atoms with Gasteiger partial charge in [0.1, 0.15) is 0 Å². The zero-order valence-electron chi connectivity index (χ0n) is 19.2. The normalized spacial score (nSPS) is 28.9. The molecule has 3 amide bonds. The quantitative estimate of drug-likeness (QED) is 0.368. The summed E-state index contributed by atoms with van der Waals surface area (Å²) in [5.74, 6) is -3.02. The number of nitrogens with zero attached hydrogens (tertiary/aromatic N) is 1. The number of rotatable bonds is 5. The monoisotopic (exact) mass is 514 g/mol. The summed E-state index contributed by atoms with van der Waals surface area (Å²) < 4.78 is 5.16. The van der Waals surface area contributed by atoms with Gasteiger partial charge in [-0.15, -0.1) is 23.2 Å². The molecule has 2 aromatic carbocycles. The molecule has 5 rings (SSSR count). The van der Waals surface area contributed by atoms with Crippen molar-refractivity contribution in [2.45, 2.75) is 31.0 Å². The van der Waals surface area contributed by atoms with Crippen LogP contribution < -0.4 is 10.2 Å². The van der Waals surface area contributed by atoms with Gasteiger partial charge in [-0.05, 0) is 73.6 Å². The molecule has 6 atom stereocenters. The van der Waals surface area contributed by atoms with Crippen molar-refractivity contribution in [3.63, 3.8) is 0 Å². The molecule has 182 valence electrons. The Bertz CT molecular complexity index is 1220. The number of benzene rings is 2. The van der Waals surface area contributed by atoms with Crippen molar-refractivity contribution in [2.75, 3.05) is 16.8 Å². The van der Waals surface area contributed by atoms with Gasteiger partial charge in [-0.3, -0.25) is 19.3 Å². The molecule has 3 aliphatic rings. The van der Waals surface area contributed by atoms with Crippen LogP contribution in [0.15, 0.2) is 42.5 Å². The number of carbonyl (C=O) groups is 4. The number of aryl methyl sites for hydroxylation is 2. The van der Waals surface area contributed by atoms with Crippen LogP contribution in [0.3, 0.4) is 0 Å². The Morgan fingerprint density at radius 1 is 0.971 bits per heavy atom. The molecule has 0 aromatic heterocycles. The Morgan fingerprint density at radius 2 is 1.63 bits per heavy atom. The van der Waals surface area contributed by atoms with E-state index in [0.29, 0.717) is 17.8 Å². The van der Waals surface area contributed by atoms with Crippen LogP contribution in [0.2, 0.25) is 0 Å². The van der Waals surface area contributed by atoms with Gasteiger partial charge in [0.05, 0.1) is 33.8 Å². The maximum absolute atomic E-state index is 13.2. The Morgan fingerprint density at radius 3 is 2.26 bits per heavy atom. The van der Waals surface area contributed by atoms with Gasteiger partial charge in [0, 0.05) is 5.69 Å². The van der Waals surface area contributed by atoms with Crippen LogP contribution in [-0.4, -0.2) is 41.1 Å². The van der Waals surface area contributed by atoms with Crippen molar-refractivity contribution >= 4 is 58.3 Å². The number of carbonyl (C=O) groups excluding carboxylic acids is 4. The summed E-state index contributed by atoms with van der Waals surface area (Å²) in [5.41, 5.74) is 3.17. The Labute approximate surface area is 212 Å². The molecule has 2 aliphatic carbocycles. The molecule has 1 aliphatic heterocycles. The van der Waals surface area contributed by atoms with Crippen molar-refractivity contribution < 1.29 is 23.9 Å². The van der Waals surface area contributed by atoms with Crippen molar-refractivity contribution in [2.24, 2.45) is 23.7 Å². The van der Waals surface area contributed by atoms with Crippen molar-refractivity contribution in [3.8, 4) is 0 Å². The van der Waals surface area contributed by atoms with E-state index in [1.165, 1.54) is 12.1 Å². The first-order valence-electron chi connectivity index (χ1n) is 11.5. The number of esters is 1. The second kappa shape index (κ2) is 8.95. The number of alkyl halides is 2. The number of amides is 3. The van der Waals surface area contributed by atoms with Gasteiger partial charge in [-0.2, -0.15) is 0 Å². The average molecular weight is 515 g/mol. The molecular formula is C26H24Cl2N2O5. The van der Waals surface area contributed by atoms with Crippen LogP contribution in [0.4, 0.5) is 11.4 Å². The summed E-state index contributed by atoms with van der Waals surface area (Å²) in [6.07, 6.45) is 0.680. The lowest BCUT2D eigenvalue weighted by atomic mass is 9.80. The maximum atomic E-state index is 13.2. The second-order valence-electron chi connectivity index (χ2n) is 9.49. The fraction of sp³-hybridized carbons (Fsp3) is 0.385. The highest BCUT2D eigenvalue weighted by Gasteiger charge is 2.66. The molecule has 2 saturated carbocycles. The van der Waals surface area contributed by atoms with Gasteiger partial charge < -0.3 is 10.1 Å². The fourth-order valence-corrected chi connectivity index (χ4v) is 6.50. The molecule has 35 heavy (non-hydrogen) atoms. The second-order valence-corrected chi connectivity index (χ2v) is 10.5. The van der Waals surface area contributed by atoms with Gasteiger partial charge in [0.15, 0.2) is 6.61 Å². The van der Waals surface area contributed by atoms with Crippen LogP contribution in [0, 0.1) is 37.5 Å². The van der Waals surface area contributed by atoms with Gasteiger partial charge in [0.25, 0.3) is 5.91 Å². The molecular weight excluding hydrogens is 491 g/mol. The van der Waals surface area contributed by atoms with E-state index in [4.69, 9.17) is 27.9 Å². The molecule has 2 bridgehead atoms. The highest BCUT2D eigenvalue weighted by atomic mass is 35.5. The van der Waals surface area contributed by atoms with E-state index >= 15 is 0 Å². The van der Waals surface area contributed by atoms with Crippen LogP contribution in [0.1, 0.15) is 27.9 Å². The van der Waals surface area contributed by atoms with E-state index in [1.807, 2.05) is 26.0 Å². The number of nitrogens with one attached hydrogen (secondary N) is 1. The van der Waals surface area contributed by atoms with Crippen molar-refractivity contribution in [3.05, 3.63) is 59.2 Å². The zero-order chi connectivity index (χ0) is 25.0. The molecule has 2 aromatic rings. The predicted molar refractivity (Wildman–Crippen MR) is 132 cm³/mol. The minimum absolute atomic E-state index is 0.125. The smallest absolute Gasteiger partial charge is 0.338 e. The number of anilines is 2. The molecule has 7 nitrogen and oxygen atoms in total. The first-order chi connectivity index (χ1) is 16.7. The summed E-state index contributed by atoms with van der Waals surface area (Å²) in [7, 11) is 0. The summed E-state index contributed by atoms with van der Waals surface area (Å²) in [6, 6.07) is 11.6. The van der Waals surface area contributed by atoms with Crippen molar-refractivity contribution in [1.82, 2.24) is 0 Å². The van der Waals surface area contributed by atoms with Gasteiger partial charge in [-0.25, -0.2) is 4.79 Å². The predicted octanol–water partition coefficient (Wildman–Crippen LogP) is 4.07. The topological polar surface area (TPSA) is 92.8 Å². The molecule has 1 N–H and O–H groups in total. The molecule has 1 saturated heterocycles. The number of ether oxygens (including phenoxy) is 1. The van der Waals surface area contributed by atoms with Gasteiger partial charge in [-0.1, -0.05) is 12.1 Å². The Hall–Kier alpha value is -2.90. The Balaban J connectivity index is 1.26. The summed E-state index contributed by atoms with van der Waals surface area (Å²) in [5, 5.41) is 2.02. The van der Waals surface area contributed by atoms with E-state index in [2.05, 4.69) is 5.32 Å². The van der Waals surface area contributed by atoms with Crippen LogP contribution in [0.5, 0.6) is 0 Å². The minimum atomic E-state index is -0.733. The van der Waals surface area contributed by atoms with Crippen LogP contribution >= 0.6 is 23.2 Å². The van der Waals surface area contributed by atoms with Crippen LogP contribution in [-0.2, 0) is 19.1 Å². The van der Waals surface area contributed by atoms with E-state index in [9.17, 15) is 19.2 Å². The lowest BCUT2D eigenvalue weighted by molar-refractivity contribution is -0.123. The third kappa shape index (κ3) is 4.00. The van der Waals surface area contributed by atoms with Gasteiger partial charge in [0.2, 0.25) is 11.8 Å². The lowest BCUT2D eigenvalue weighted by Crippen LogP contribution is -2.37. The minimum Gasteiger partial charge on any atom is -0.452 e. The molecule has 0 unspecified atom stereocenters.